The van der Waals surface area contributed by atoms with Gasteiger partial charge in [0.25, 0.3) is 8.32 Å². The van der Waals surface area contributed by atoms with Gasteiger partial charge in [0.15, 0.2) is 5.78 Å². The maximum atomic E-state index is 14.2. The van der Waals surface area contributed by atoms with E-state index in [0.29, 0.717) is 19.3 Å². The third-order valence-electron chi connectivity index (χ3n) is 10.5. The number of ketones is 1. The summed E-state index contributed by atoms with van der Waals surface area (Å²) in [6, 6.07) is 25.6. The van der Waals surface area contributed by atoms with Crippen LogP contribution in [0.1, 0.15) is 73.3 Å². The first-order valence-corrected chi connectivity index (χ1v) is 21.1. The monoisotopic (exact) mass is 770 g/mol. The average Bonchev–Trinajstić information content (AvgIpc) is 3.92. The Labute approximate surface area is 326 Å². The molecular formula is C43H58N4O7Si. The summed E-state index contributed by atoms with van der Waals surface area (Å²) in [6.45, 7) is 12.7. The summed E-state index contributed by atoms with van der Waals surface area (Å²) in [5, 5.41) is 12.1. The Kier molecular flexibility index (Phi) is 14.7. The predicted octanol–water partition coefficient (Wildman–Crippen LogP) is 3.17. The highest BCUT2D eigenvalue weighted by atomic mass is 28.4. The van der Waals surface area contributed by atoms with Crippen LogP contribution in [0.2, 0.25) is 5.04 Å². The zero-order valence-electron chi connectivity index (χ0n) is 33.2. The van der Waals surface area contributed by atoms with E-state index in [-0.39, 0.29) is 37.2 Å². The Morgan fingerprint density at radius 3 is 1.78 bits per heavy atom. The van der Waals surface area contributed by atoms with Gasteiger partial charge >= 0.3 is 0 Å². The van der Waals surface area contributed by atoms with E-state index < -0.39 is 60.7 Å². The Hall–Kier alpha value is -4.65. The van der Waals surface area contributed by atoms with Crippen molar-refractivity contribution < 1.29 is 33.5 Å². The standard InChI is InChI=1S/C43H58N4O7Si/c1-29(2)25-36(46-39(50)35(45-31(4)48)24-23-32-17-11-8-12-18-32)40(51)47-38(41(52)44-27-37(49)43(7)28-54-43)30(3)26-42(5,6)55(53,33-19-13-9-14-20-33)34-21-15-10-16-22-34/h8-22,29-30,35-36,38,53H,23-28H2,1-7H3,(H,44,52)(H,45,48)(H,46,50)(H,47,51)/t30-,35-,36-,38-,43+/m0/s1. The van der Waals surface area contributed by atoms with Crippen LogP contribution in [0.15, 0.2) is 91.0 Å². The van der Waals surface area contributed by atoms with Gasteiger partial charge in [0, 0.05) is 6.92 Å². The van der Waals surface area contributed by atoms with Crippen molar-refractivity contribution in [3.8, 4) is 0 Å². The first-order valence-electron chi connectivity index (χ1n) is 19.2. The lowest BCUT2D eigenvalue weighted by molar-refractivity contribution is -0.135. The number of epoxide rings is 1. The minimum absolute atomic E-state index is 0.0159. The van der Waals surface area contributed by atoms with E-state index in [0.717, 1.165) is 15.9 Å². The lowest BCUT2D eigenvalue weighted by Crippen LogP contribution is -2.66. The highest BCUT2D eigenvalue weighted by Gasteiger charge is 2.51. The van der Waals surface area contributed by atoms with Crippen molar-refractivity contribution in [2.24, 2.45) is 11.8 Å². The Balaban J connectivity index is 1.61. The number of hydrogen-bond donors (Lipinski definition) is 5. The zero-order chi connectivity index (χ0) is 40.4. The molecule has 0 aromatic heterocycles. The maximum absolute atomic E-state index is 14.2. The molecule has 4 rings (SSSR count). The summed E-state index contributed by atoms with van der Waals surface area (Å²) in [7, 11) is -3.50. The van der Waals surface area contributed by atoms with Gasteiger partial charge in [-0.05, 0) is 65.4 Å². The molecule has 12 heteroatoms. The van der Waals surface area contributed by atoms with Crippen LogP contribution in [-0.2, 0) is 35.1 Å². The largest absolute Gasteiger partial charge is 0.424 e. The number of ether oxygens (including phenoxy) is 1. The molecule has 5 atom stereocenters. The fourth-order valence-electron chi connectivity index (χ4n) is 7.28. The number of rotatable bonds is 20. The summed E-state index contributed by atoms with van der Waals surface area (Å²) < 4.78 is 5.28. The van der Waals surface area contributed by atoms with Crippen molar-refractivity contribution in [1.29, 1.82) is 0 Å². The molecule has 0 saturated carbocycles. The van der Waals surface area contributed by atoms with Crippen molar-refractivity contribution in [2.45, 2.75) is 103 Å². The van der Waals surface area contributed by atoms with Crippen LogP contribution in [0, 0.1) is 11.8 Å². The number of hydrogen-bond acceptors (Lipinski definition) is 7. The molecule has 11 nitrogen and oxygen atoms in total. The third-order valence-corrected chi connectivity index (χ3v) is 15.0. The molecule has 3 aromatic rings. The van der Waals surface area contributed by atoms with Gasteiger partial charge in [0.05, 0.1) is 13.2 Å². The number of aryl methyl sites for hydroxylation is 1. The van der Waals surface area contributed by atoms with Gasteiger partial charge in [-0.25, -0.2) is 0 Å². The van der Waals surface area contributed by atoms with E-state index in [2.05, 4.69) is 21.3 Å². The average molecular weight is 771 g/mol. The van der Waals surface area contributed by atoms with Gasteiger partial charge in [0.2, 0.25) is 23.6 Å². The second-order valence-electron chi connectivity index (χ2n) is 16.1. The van der Waals surface area contributed by atoms with Gasteiger partial charge < -0.3 is 30.8 Å². The van der Waals surface area contributed by atoms with Gasteiger partial charge in [-0.3, -0.25) is 24.0 Å². The van der Waals surface area contributed by atoms with Crippen molar-refractivity contribution in [1.82, 2.24) is 21.3 Å². The number of benzene rings is 3. The Bertz CT molecular complexity index is 1730. The minimum atomic E-state index is -3.50. The molecule has 0 spiro atoms. The van der Waals surface area contributed by atoms with Crippen molar-refractivity contribution in [3.05, 3.63) is 96.6 Å². The first-order chi connectivity index (χ1) is 26.0. The molecule has 4 amide bonds. The molecule has 296 valence electrons. The summed E-state index contributed by atoms with van der Waals surface area (Å²) in [6.07, 6.45) is 1.42. The molecule has 0 radical (unpaired) electrons. The van der Waals surface area contributed by atoms with Gasteiger partial charge in [0.1, 0.15) is 23.7 Å². The van der Waals surface area contributed by atoms with E-state index in [1.54, 1.807) is 6.92 Å². The highest BCUT2D eigenvalue weighted by Crippen LogP contribution is 2.42. The van der Waals surface area contributed by atoms with Crippen LogP contribution >= 0.6 is 0 Å². The maximum Gasteiger partial charge on any atom is 0.258 e. The quantitative estimate of drug-likeness (QED) is 0.0870. The van der Waals surface area contributed by atoms with Crippen molar-refractivity contribution in [3.63, 3.8) is 0 Å². The molecule has 55 heavy (non-hydrogen) atoms. The van der Waals surface area contributed by atoms with Gasteiger partial charge in [-0.2, -0.15) is 0 Å². The number of Topliss-reactive ketones (excluding diaryl/α,β-unsaturated/α-hetero) is 1. The number of carbonyl (C=O) groups is 5. The minimum Gasteiger partial charge on any atom is -0.424 e. The summed E-state index contributed by atoms with van der Waals surface area (Å²) in [4.78, 5) is 79.8. The SMILES string of the molecule is CC(=O)N[C@@H](CCc1ccccc1)C(=O)N[C@@H](CC(C)C)C(=O)N[C@H](C(=O)NCC(=O)[C@@]1(C)CO1)[C@@H](C)CC(C)(C)[Si](O)(c1ccccc1)c1ccccc1. The fourth-order valence-corrected chi connectivity index (χ4v) is 11.1. The second kappa shape index (κ2) is 18.8. The summed E-state index contributed by atoms with van der Waals surface area (Å²) >= 11 is 0. The van der Waals surface area contributed by atoms with Gasteiger partial charge in [-0.1, -0.05) is 126 Å². The van der Waals surface area contributed by atoms with Crippen LogP contribution in [0.5, 0.6) is 0 Å². The molecule has 0 unspecified atom stereocenters. The zero-order valence-corrected chi connectivity index (χ0v) is 34.2. The predicted molar refractivity (Wildman–Crippen MR) is 216 cm³/mol. The molecule has 5 N–H and O–H groups in total. The summed E-state index contributed by atoms with van der Waals surface area (Å²) in [5.74, 6) is -2.85. The Morgan fingerprint density at radius 2 is 1.29 bits per heavy atom. The van der Waals surface area contributed by atoms with Crippen LogP contribution < -0.4 is 31.6 Å². The third kappa shape index (κ3) is 11.4. The molecule has 1 saturated heterocycles. The van der Waals surface area contributed by atoms with Crippen LogP contribution in [-0.4, -0.2) is 79.4 Å². The summed E-state index contributed by atoms with van der Waals surface area (Å²) in [5.41, 5.74) is 0.0631. The molecule has 0 aliphatic carbocycles. The normalized spacial score (nSPS) is 17.6. The van der Waals surface area contributed by atoms with E-state index in [9.17, 15) is 28.8 Å². The lowest BCUT2D eigenvalue weighted by atomic mass is 9.90. The first kappa shape index (κ1) is 43.1. The topological polar surface area (TPSA) is 166 Å². The van der Waals surface area contributed by atoms with E-state index in [1.165, 1.54) is 6.92 Å². The molecule has 1 aliphatic heterocycles. The van der Waals surface area contributed by atoms with E-state index in [4.69, 9.17) is 4.74 Å². The molecule has 0 bridgehead atoms. The molecule has 3 aromatic carbocycles. The van der Waals surface area contributed by atoms with Crippen molar-refractivity contribution >= 4 is 48.1 Å². The fraction of sp³-hybridized carbons (Fsp3) is 0.465. The molecule has 1 aliphatic rings. The van der Waals surface area contributed by atoms with Crippen molar-refractivity contribution in [2.75, 3.05) is 13.2 Å². The molecule has 1 heterocycles. The number of amides is 4. The molecule has 1 fully saturated rings. The number of nitrogens with one attached hydrogen (secondary N) is 4. The molecular weight excluding hydrogens is 713 g/mol. The van der Waals surface area contributed by atoms with Crippen LogP contribution in [0.4, 0.5) is 0 Å². The van der Waals surface area contributed by atoms with Crippen LogP contribution in [0.25, 0.3) is 0 Å². The van der Waals surface area contributed by atoms with Gasteiger partial charge in [-0.15, -0.1) is 0 Å². The second-order valence-corrected chi connectivity index (χ2v) is 20.1. The highest BCUT2D eigenvalue weighted by molar-refractivity contribution is 6.98. The number of carbonyl (C=O) groups excluding carboxylic acids is 5. The Morgan fingerprint density at radius 1 is 0.782 bits per heavy atom. The van der Waals surface area contributed by atoms with E-state index >= 15 is 0 Å². The van der Waals surface area contributed by atoms with Crippen LogP contribution in [0.3, 0.4) is 0 Å². The smallest absolute Gasteiger partial charge is 0.258 e. The lowest BCUT2D eigenvalue weighted by Gasteiger charge is -2.43. The van der Waals surface area contributed by atoms with E-state index in [1.807, 2.05) is 126 Å².